The van der Waals surface area contributed by atoms with Gasteiger partial charge < -0.3 is 4.74 Å². The smallest absolute Gasteiger partial charge is 0.180 e. The van der Waals surface area contributed by atoms with Crippen LogP contribution in [0.5, 0.6) is 5.75 Å². The Balaban J connectivity index is 2.72. The number of aryl methyl sites for hydroxylation is 1. The van der Waals surface area contributed by atoms with E-state index >= 15 is 0 Å². The maximum absolute atomic E-state index is 11.5. The molecule has 0 fully saturated rings. The molecule has 0 unspecified atom stereocenters. The number of ketones is 1. The van der Waals surface area contributed by atoms with Gasteiger partial charge in [0, 0.05) is 13.1 Å². The van der Waals surface area contributed by atoms with Crippen molar-refractivity contribution in [1.82, 2.24) is 9.38 Å². The number of pyridine rings is 1. The summed E-state index contributed by atoms with van der Waals surface area (Å²) in [6.07, 6.45) is 1.83. The van der Waals surface area contributed by atoms with Gasteiger partial charge in [-0.1, -0.05) is 0 Å². The lowest BCUT2D eigenvalue weighted by molar-refractivity contribution is 0.101. The van der Waals surface area contributed by atoms with Crippen LogP contribution in [0.15, 0.2) is 18.3 Å². The Hall–Kier alpha value is -1.84. The van der Waals surface area contributed by atoms with E-state index in [1.54, 1.807) is 11.3 Å². The molecule has 4 heteroatoms. The minimum Gasteiger partial charge on any atom is -0.490 e. The van der Waals surface area contributed by atoms with Crippen LogP contribution in [0, 0.1) is 6.92 Å². The zero-order chi connectivity index (χ0) is 11.7. The van der Waals surface area contributed by atoms with Crippen LogP contribution in [0.2, 0.25) is 0 Å². The third-order valence-electron chi connectivity index (χ3n) is 2.42. The van der Waals surface area contributed by atoms with Gasteiger partial charge in [-0.2, -0.15) is 0 Å². The molecule has 2 rings (SSSR count). The summed E-state index contributed by atoms with van der Waals surface area (Å²) in [5.74, 6) is 0.722. The molecule has 0 amide bonds. The van der Waals surface area contributed by atoms with Gasteiger partial charge in [0.05, 0.1) is 12.3 Å². The maximum atomic E-state index is 11.5. The van der Waals surface area contributed by atoms with Gasteiger partial charge in [0.25, 0.3) is 0 Å². The largest absolute Gasteiger partial charge is 0.490 e. The molecule has 2 aromatic rings. The predicted molar refractivity (Wildman–Crippen MR) is 61.1 cm³/mol. The second-order valence-electron chi connectivity index (χ2n) is 3.60. The normalized spacial score (nSPS) is 10.7. The van der Waals surface area contributed by atoms with E-state index in [2.05, 4.69) is 4.98 Å². The van der Waals surface area contributed by atoms with Gasteiger partial charge in [-0.25, -0.2) is 4.98 Å². The van der Waals surface area contributed by atoms with Crippen molar-refractivity contribution in [3.05, 3.63) is 29.7 Å². The molecule has 0 N–H and O–H groups in total. The molecule has 84 valence electrons. The Morgan fingerprint density at radius 1 is 1.56 bits per heavy atom. The third-order valence-corrected chi connectivity index (χ3v) is 2.42. The fourth-order valence-electron chi connectivity index (χ4n) is 1.85. The first-order chi connectivity index (χ1) is 7.65. The summed E-state index contributed by atoms with van der Waals surface area (Å²) in [5.41, 5.74) is 2.06. The number of fused-ring (bicyclic) bond motifs is 1. The highest BCUT2D eigenvalue weighted by Gasteiger charge is 2.15. The van der Waals surface area contributed by atoms with Crippen LogP contribution in [-0.2, 0) is 0 Å². The van der Waals surface area contributed by atoms with Gasteiger partial charge >= 0.3 is 0 Å². The summed E-state index contributed by atoms with van der Waals surface area (Å²) in [6, 6.07) is 3.71. The highest BCUT2D eigenvalue weighted by atomic mass is 16.5. The molecule has 2 heterocycles. The average Bonchev–Trinajstić information content (AvgIpc) is 2.55. The minimum absolute atomic E-state index is 0.0126. The molecule has 0 atom stereocenters. The van der Waals surface area contributed by atoms with Crippen molar-refractivity contribution in [2.24, 2.45) is 0 Å². The van der Waals surface area contributed by atoms with E-state index in [0.29, 0.717) is 23.7 Å². The summed E-state index contributed by atoms with van der Waals surface area (Å²) in [7, 11) is 0. The van der Waals surface area contributed by atoms with Gasteiger partial charge in [-0.3, -0.25) is 9.20 Å². The van der Waals surface area contributed by atoms with E-state index in [1.165, 1.54) is 0 Å². The van der Waals surface area contributed by atoms with Gasteiger partial charge in [-0.15, -0.1) is 0 Å². The molecular weight excluding hydrogens is 204 g/mol. The van der Waals surface area contributed by atoms with E-state index in [-0.39, 0.29) is 5.78 Å². The zero-order valence-electron chi connectivity index (χ0n) is 9.65. The number of rotatable bonds is 3. The maximum Gasteiger partial charge on any atom is 0.180 e. The summed E-state index contributed by atoms with van der Waals surface area (Å²) in [6.45, 7) is 5.88. The zero-order valence-corrected chi connectivity index (χ0v) is 9.65. The summed E-state index contributed by atoms with van der Waals surface area (Å²) >= 11 is 0. The number of carbonyl (C=O) groups is 1. The number of carbonyl (C=O) groups excluding carboxylic acids is 1. The molecule has 0 aliphatic carbocycles. The molecule has 2 aromatic heterocycles. The Morgan fingerprint density at radius 2 is 2.31 bits per heavy atom. The second kappa shape index (κ2) is 3.96. The minimum atomic E-state index is 0.0126. The van der Waals surface area contributed by atoms with Crippen LogP contribution in [0.3, 0.4) is 0 Å². The van der Waals surface area contributed by atoms with Crippen LogP contribution < -0.4 is 4.74 Å². The highest BCUT2D eigenvalue weighted by molar-refractivity contribution is 5.94. The Bertz CT molecular complexity index is 543. The fourth-order valence-corrected chi connectivity index (χ4v) is 1.85. The quantitative estimate of drug-likeness (QED) is 0.742. The number of hydrogen-bond donors (Lipinski definition) is 0. The van der Waals surface area contributed by atoms with Crippen LogP contribution in [0.4, 0.5) is 0 Å². The first-order valence-corrected chi connectivity index (χ1v) is 5.26. The molecule has 0 bridgehead atoms. The van der Waals surface area contributed by atoms with Crippen molar-refractivity contribution in [2.75, 3.05) is 6.61 Å². The number of imidazole rings is 1. The first kappa shape index (κ1) is 10.7. The lowest BCUT2D eigenvalue weighted by Crippen LogP contribution is -2.01. The first-order valence-electron chi connectivity index (χ1n) is 5.26. The second-order valence-corrected chi connectivity index (χ2v) is 3.60. The summed E-state index contributed by atoms with van der Waals surface area (Å²) < 4.78 is 7.25. The molecule has 0 spiro atoms. The molecular formula is C12H14N2O2. The van der Waals surface area contributed by atoms with Crippen LogP contribution in [0.1, 0.15) is 30.0 Å². The highest BCUT2D eigenvalue weighted by Crippen LogP contribution is 2.22. The van der Waals surface area contributed by atoms with Gasteiger partial charge in [-0.05, 0) is 26.0 Å². The average molecular weight is 218 g/mol. The molecule has 0 saturated heterocycles. The SMILES string of the molecule is CCOc1cccn2c(C(C)=O)c(C)nc12. The molecule has 0 saturated carbocycles. The number of Topliss-reactive ketones (excluding diaryl/α,β-unsaturated/α-hetero) is 1. The summed E-state index contributed by atoms with van der Waals surface area (Å²) in [5, 5.41) is 0. The monoisotopic (exact) mass is 218 g/mol. The van der Waals surface area contributed by atoms with E-state index < -0.39 is 0 Å². The van der Waals surface area contributed by atoms with E-state index in [9.17, 15) is 4.79 Å². The van der Waals surface area contributed by atoms with Crippen molar-refractivity contribution >= 4 is 11.4 Å². The predicted octanol–water partition coefficient (Wildman–Crippen LogP) is 2.24. The molecule has 4 nitrogen and oxygen atoms in total. The summed E-state index contributed by atoms with van der Waals surface area (Å²) in [4.78, 5) is 15.9. The lowest BCUT2D eigenvalue weighted by Gasteiger charge is -2.04. The number of hydrogen-bond acceptors (Lipinski definition) is 3. The van der Waals surface area contributed by atoms with Gasteiger partial charge in [0.1, 0.15) is 5.69 Å². The van der Waals surface area contributed by atoms with Crippen molar-refractivity contribution in [3.8, 4) is 5.75 Å². The molecule has 0 aliphatic rings. The molecule has 0 aromatic carbocycles. The molecule has 0 radical (unpaired) electrons. The standard InChI is InChI=1S/C12H14N2O2/c1-4-16-10-6-5-7-14-11(9(3)15)8(2)13-12(10)14/h5-7H,4H2,1-3H3. The van der Waals surface area contributed by atoms with Crippen LogP contribution >= 0.6 is 0 Å². The van der Waals surface area contributed by atoms with E-state index in [0.717, 1.165) is 5.69 Å². The Morgan fingerprint density at radius 3 is 2.94 bits per heavy atom. The number of ether oxygens (including phenoxy) is 1. The topological polar surface area (TPSA) is 43.6 Å². The van der Waals surface area contributed by atoms with Crippen LogP contribution in [-0.4, -0.2) is 21.8 Å². The van der Waals surface area contributed by atoms with Crippen molar-refractivity contribution in [3.63, 3.8) is 0 Å². The van der Waals surface area contributed by atoms with Crippen molar-refractivity contribution in [2.45, 2.75) is 20.8 Å². The van der Waals surface area contributed by atoms with Crippen molar-refractivity contribution < 1.29 is 9.53 Å². The number of aromatic nitrogens is 2. The van der Waals surface area contributed by atoms with Gasteiger partial charge in [0.2, 0.25) is 0 Å². The van der Waals surface area contributed by atoms with Crippen molar-refractivity contribution in [1.29, 1.82) is 0 Å². The fraction of sp³-hybridized carbons (Fsp3) is 0.333. The number of nitrogens with zero attached hydrogens (tertiary/aromatic N) is 2. The van der Waals surface area contributed by atoms with E-state index in [4.69, 9.17) is 4.74 Å². The van der Waals surface area contributed by atoms with E-state index in [1.807, 2.05) is 32.2 Å². The molecule has 0 aliphatic heterocycles. The van der Waals surface area contributed by atoms with Crippen LogP contribution in [0.25, 0.3) is 5.65 Å². The molecule has 16 heavy (non-hydrogen) atoms. The third kappa shape index (κ3) is 1.56. The lowest BCUT2D eigenvalue weighted by atomic mass is 10.2. The van der Waals surface area contributed by atoms with Gasteiger partial charge in [0.15, 0.2) is 17.2 Å². The Labute approximate surface area is 93.9 Å². The Kier molecular flexibility index (Phi) is 2.64.